The summed E-state index contributed by atoms with van der Waals surface area (Å²) >= 11 is 0. The first-order valence-electron chi connectivity index (χ1n) is 6.20. The number of unbranched alkanes of at least 4 members (excludes halogenated alkanes) is 2. The van der Waals surface area contributed by atoms with Gasteiger partial charge in [0.2, 0.25) is 0 Å². The van der Waals surface area contributed by atoms with Crippen LogP contribution in [-0.2, 0) is 0 Å². The molecule has 0 spiro atoms. The van der Waals surface area contributed by atoms with Gasteiger partial charge in [-0.25, -0.2) is 0 Å². The smallest absolute Gasteiger partial charge is 0.0801 e. The van der Waals surface area contributed by atoms with Crippen LogP contribution in [0.1, 0.15) is 52.4 Å². The molecule has 14 heavy (non-hydrogen) atoms. The van der Waals surface area contributed by atoms with Gasteiger partial charge in [0, 0.05) is 12.3 Å². The number of hydrogen-bond donors (Lipinski definition) is 1. The molecule has 0 bridgehead atoms. The number of quaternary nitrogens is 1. The molecule has 1 saturated heterocycles. The van der Waals surface area contributed by atoms with Gasteiger partial charge in [-0.05, 0) is 12.8 Å². The van der Waals surface area contributed by atoms with Crippen LogP contribution in [0.4, 0.5) is 0 Å². The molecule has 0 aromatic heterocycles. The summed E-state index contributed by atoms with van der Waals surface area (Å²) in [4.78, 5) is 1.88. The third-order valence-electron chi connectivity index (χ3n) is 3.33. The van der Waals surface area contributed by atoms with Gasteiger partial charge in [0.1, 0.15) is 0 Å². The Kier molecular flexibility index (Phi) is 8.70. The largest absolute Gasteiger partial charge is 1.00 e. The van der Waals surface area contributed by atoms with Gasteiger partial charge in [-0.2, -0.15) is 0 Å². The molecule has 1 nitrogen and oxygen atoms in total. The summed E-state index contributed by atoms with van der Waals surface area (Å²) in [7, 11) is 0. The molecule has 1 heterocycles. The van der Waals surface area contributed by atoms with E-state index in [0.717, 1.165) is 5.92 Å². The Balaban J connectivity index is 0.00000169. The van der Waals surface area contributed by atoms with Gasteiger partial charge in [-0.1, -0.05) is 33.1 Å². The molecular weight excluding hydrogens is 194 g/mol. The zero-order valence-corrected chi connectivity index (χ0v) is 10.6. The minimum atomic E-state index is 0. The van der Waals surface area contributed by atoms with Crippen LogP contribution in [0, 0.1) is 5.92 Å². The van der Waals surface area contributed by atoms with E-state index >= 15 is 0 Å². The van der Waals surface area contributed by atoms with Crippen molar-refractivity contribution in [3.63, 3.8) is 0 Å². The Morgan fingerprint density at radius 2 is 1.86 bits per heavy atom. The third-order valence-corrected chi connectivity index (χ3v) is 3.33. The van der Waals surface area contributed by atoms with Gasteiger partial charge in [0.05, 0.1) is 19.6 Å². The quantitative estimate of drug-likeness (QED) is 0.578. The maximum atomic E-state index is 2.30. The van der Waals surface area contributed by atoms with Gasteiger partial charge >= 0.3 is 0 Å². The second kappa shape index (κ2) is 8.55. The summed E-state index contributed by atoms with van der Waals surface area (Å²) in [6, 6.07) is 0. The van der Waals surface area contributed by atoms with Crippen molar-refractivity contribution in [1.29, 1.82) is 0 Å². The molecule has 2 heteroatoms. The van der Waals surface area contributed by atoms with E-state index in [-0.39, 0.29) is 12.4 Å². The number of halogens is 1. The number of likely N-dealkylation sites (tertiary alicyclic amines) is 1. The highest BCUT2D eigenvalue weighted by molar-refractivity contribution is 4.62. The van der Waals surface area contributed by atoms with E-state index in [1.165, 1.54) is 58.2 Å². The van der Waals surface area contributed by atoms with Crippen LogP contribution in [0.15, 0.2) is 0 Å². The molecule has 1 aliphatic heterocycles. The third kappa shape index (κ3) is 5.21. The van der Waals surface area contributed by atoms with Gasteiger partial charge in [-0.3, -0.25) is 0 Å². The van der Waals surface area contributed by atoms with Crippen LogP contribution in [0.5, 0.6) is 0 Å². The Morgan fingerprint density at radius 3 is 2.50 bits per heavy atom. The first-order valence-corrected chi connectivity index (χ1v) is 6.20. The first kappa shape index (κ1) is 14.2. The molecule has 0 aliphatic carbocycles. The van der Waals surface area contributed by atoms with Crippen molar-refractivity contribution in [2.75, 3.05) is 19.6 Å². The fourth-order valence-corrected chi connectivity index (χ4v) is 2.41. The number of rotatable bonds is 6. The summed E-state index contributed by atoms with van der Waals surface area (Å²) in [5.74, 6) is 1.06. The lowest BCUT2D eigenvalue weighted by atomic mass is 10.0. The monoisotopic (exact) mass is 219 g/mol. The second-order valence-electron chi connectivity index (χ2n) is 4.60. The normalized spacial score (nSPS) is 26.1. The average molecular weight is 220 g/mol. The summed E-state index contributed by atoms with van der Waals surface area (Å²) in [6.07, 6.45) is 8.61. The van der Waals surface area contributed by atoms with Crippen LogP contribution in [0.2, 0.25) is 0 Å². The standard InChI is InChI=1S/C12H25N.ClH/c1-3-5-7-12-8-10-13(11-12)9-6-4-2;/h12H,3-11H2,1-2H3;1H. The number of hydrogen-bond acceptors (Lipinski definition) is 0. The van der Waals surface area contributed by atoms with Crippen LogP contribution < -0.4 is 17.3 Å². The van der Waals surface area contributed by atoms with Crippen molar-refractivity contribution >= 4 is 0 Å². The molecule has 1 fully saturated rings. The summed E-state index contributed by atoms with van der Waals surface area (Å²) < 4.78 is 0. The Morgan fingerprint density at radius 1 is 1.14 bits per heavy atom. The SMILES string of the molecule is CCCCC1CC[NH+](CCCC)C1.[Cl-]. The molecule has 1 rings (SSSR count). The Labute approximate surface area is 95.7 Å². The molecule has 0 aromatic carbocycles. The number of nitrogens with one attached hydrogen (secondary N) is 1. The minimum Gasteiger partial charge on any atom is -1.00 e. The van der Waals surface area contributed by atoms with Gasteiger partial charge < -0.3 is 17.3 Å². The van der Waals surface area contributed by atoms with Crippen LogP contribution in [0.25, 0.3) is 0 Å². The van der Waals surface area contributed by atoms with E-state index in [1.54, 1.807) is 0 Å². The topological polar surface area (TPSA) is 4.44 Å². The predicted octanol–water partition coefficient (Wildman–Crippen LogP) is -1.11. The lowest BCUT2D eigenvalue weighted by molar-refractivity contribution is -0.889. The molecule has 0 amide bonds. The molecule has 1 aliphatic rings. The summed E-state index contributed by atoms with van der Waals surface area (Å²) in [5.41, 5.74) is 0. The molecule has 0 saturated carbocycles. The van der Waals surface area contributed by atoms with E-state index < -0.39 is 0 Å². The van der Waals surface area contributed by atoms with Crippen molar-refractivity contribution in [2.45, 2.75) is 52.4 Å². The Hall–Kier alpha value is 0.250. The predicted molar refractivity (Wildman–Crippen MR) is 58.1 cm³/mol. The van der Waals surface area contributed by atoms with Crippen molar-refractivity contribution in [3.8, 4) is 0 Å². The van der Waals surface area contributed by atoms with Crippen molar-refractivity contribution in [2.24, 2.45) is 5.92 Å². The van der Waals surface area contributed by atoms with E-state index in [1.807, 2.05) is 4.90 Å². The maximum absolute atomic E-state index is 2.30. The van der Waals surface area contributed by atoms with Gasteiger partial charge in [0.15, 0.2) is 0 Å². The van der Waals surface area contributed by atoms with E-state index in [4.69, 9.17) is 0 Å². The fourth-order valence-electron chi connectivity index (χ4n) is 2.41. The minimum absolute atomic E-state index is 0. The van der Waals surface area contributed by atoms with Crippen molar-refractivity contribution in [3.05, 3.63) is 0 Å². The fraction of sp³-hybridized carbons (Fsp3) is 1.00. The lowest BCUT2D eigenvalue weighted by Crippen LogP contribution is -3.10. The summed E-state index contributed by atoms with van der Waals surface area (Å²) in [6.45, 7) is 8.95. The van der Waals surface area contributed by atoms with Crippen LogP contribution >= 0.6 is 0 Å². The zero-order valence-electron chi connectivity index (χ0n) is 9.82. The molecule has 2 unspecified atom stereocenters. The highest BCUT2D eigenvalue weighted by Gasteiger charge is 2.24. The molecule has 2 atom stereocenters. The van der Waals surface area contributed by atoms with Gasteiger partial charge in [0.25, 0.3) is 0 Å². The zero-order chi connectivity index (χ0) is 9.52. The maximum Gasteiger partial charge on any atom is 0.0801 e. The molecule has 1 N–H and O–H groups in total. The van der Waals surface area contributed by atoms with Crippen LogP contribution in [-0.4, -0.2) is 19.6 Å². The molecule has 0 radical (unpaired) electrons. The van der Waals surface area contributed by atoms with Crippen molar-refractivity contribution < 1.29 is 17.3 Å². The molecular formula is C12H26ClN. The summed E-state index contributed by atoms with van der Waals surface area (Å²) in [5, 5.41) is 0. The van der Waals surface area contributed by atoms with Crippen LogP contribution in [0.3, 0.4) is 0 Å². The van der Waals surface area contributed by atoms with Gasteiger partial charge in [-0.15, -0.1) is 0 Å². The Bertz CT molecular complexity index is 113. The van der Waals surface area contributed by atoms with E-state index in [9.17, 15) is 0 Å². The lowest BCUT2D eigenvalue weighted by Gasteiger charge is -2.12. The van der Waals surface area contributed by atoms with E-state index in [0.29, 0.717) is 0 Å². The highest BCUT2D eigenvalue weighted by atomic mass is 35.5. The van der Waals surface area contributed by atoms with Crippen molar-refractivity contribution in [1.82, 2.24) is 0 Å². The molecule has 86 valence electrons. The highest BCUT2D eigenvalue weighted by Crippen LogP contribution is 2.12. The first-order chi connectivity index (χ1) is 6.36. The average Bonchev–Trinajstić information content (AvgIpc) is 2.59. The second-order valence-corrected chi connectivity index (χ2v) is 4.60. The molecule has 0 aromatic rings. The van der Waals surface area contributed by atoms with E-state index in [2.05, 4.69) is 13.8 Å².